The van der Waals surface area contributed by atoms with Crippen LogP contribution in [0.3, 0.4) is 0 Å². The number of sulfonamides is 1. The first-order valence-corrected chi connectivity index (χ1v) is 12.2. The van der Waals surface area contributed by atoms with Gasteiger partial charge in [0.05, 0.1) is 22.3 Å². The van der Waals surface area contributed by atoms with Crippen LogP contribution in [0.15, 0.2) is 52.2 Å². The van der Waals surface area contributed by atoms with E-state index in [1.54, 1.807) is 38.1 Å². The molecule has 34 heavy (non-hydrogen) atoms. The van der Waals surface area contributed by atoms with Gasteiger partial charge in [0.1, 0.15) is 11.9 Å². The van der Waals surface area contributed by atoms with Crippen molar-refractivity contribution in [2.24, 2.45) is 0 Å². The zero-order chi connectivity index (χ0) is 24.9. The molecule has 1 atom stereocenters. The van der Waals surface area contributed by atoms with Crippen LogP contribution in [0.4, 0.5) is 5.69 Å². The fraction of sp³-hybridized carbons (Fsp3) is 0.292. The summed E-state index contributed by atoms with van der Waals surface area (Å²) in [5.74, 6) is 1.90. The average Bonchev–Trinajstić information content (AvgIpc) is 2.79. The van der Waals surface area contributed by atoms with E-state index in [-0.39, 0.29) is 23.4 Å². The lowest BCUT2D eigenvalue weighted by Crippen LogP contribution is -2.40. The Balaban J connectivity index is 1.84. The van der Waals surface area contributed by atoms with E-state index in [4.69, 9.17) is 6.42 Å². The molecule has 0 fully saturated rings. The summed E-state index contributed by atoms with van der Waals surface area (Å²) in [7, 11) is -4.01. The average molecular weight is 483 g/mol. The Labute approximate surface area is 197 Å². The molecule has 1 aromatic heterocycles. The molecule has 0 aliphatic heterocycles. The van der Waals surface area contributed by atoms with E-state index < -0.39 is 22.0 Å². The quantitative estimate of drug-likeness (QED) is 0.378. The third kappa shape index (κ3) is 5.81. The van der Waals surface area contributed by atoms with Gasteiger partial charge >= 0.3 is 5.97 Å². The Hall–Kier alpha value is -3.68. The highest BCUT2D eigenvalue weighted by molar-refractivity contribution is 7.89. The van der Waals surface area contributed by atoms with Gasteiger partial charge in [-0.1, -0.05) is 25.3 Å². The number of aliphatic carboxylic acids is 1. The first kappa shape index (κ1) is 25.0. The van der Waals surface area contributed by atoms with Gasteiger partial charge in [0, 0.05) is 12.2 Å². The molecule has 9 nitrogen and oxygen atoms in total. The van der Waals surface area contributed by atoms with Crippen molar-refractivity contribution >= 4 is 32.6 Å². The van der Waals surface area contributed by atoms with Crippen LogP contribution in [0.2, 0.25) is 0 Å². The Morgan fingerprint density at radius 2 is 1.97 bits per heavy atom. The highest BCUT2D eigenvalue weighted by Crippen LogP contribution is 2.21. The number of hydrogen-bond donors (Lipinski definition) is 3. The smallest absolute Gasteiger partial charge is 0.321 e. The van der Waals surface area contributed by atoms with Crippen LogP contribution in [-0.2, 0) is 21.4 Å². The van der Waals surface area contributed by atoms with Crippen molar-refractivity contribution in [3.63, 3.8) is 0 Å². The molecule has 178 valence electrons. The molecule has 3 N–H and O–H groups in total. The number of aromatic nitrogens is 2. The number of carboxylic acid groups (broad SMARTS) is 1. The molecule has 3 rings (SSSR count). The van der Waals surface area contributed by atoms with E-state index in [0.29, 0.717) is 35.4 Å². The number of aromatic amines is 1. The zero-order valence-corrected chi connectivity index (χ0v) is 19.7. The molecule has 0 radical (unpaired) electrons. The van der Waals surface area contributed by atoms with E-state index in [0.717, 1.165) is 5.56 Å². The topological polar surface area (TPSA) is 132 Å². The number of H-pyrrole nitrogens is 1. The normalized spacial score (nSPS) is 12.3. The maximum Gasteiger partial charge on any atom is 0.321 e. The van der Waals surface area contributed by atoms with Gasteiger partial charge in [-0.15, -0.1) is 6.42 Å². The summed E-state index contributed by atoms with van der Waals surface area (Å²) in [6.07, 6.45) is 6.25. The van der Waals surface area contributed by atoms with E-state index in [1.165, 1.54) is 12.1 Å². The lowest BCUT2D eigenvalue weighted by Gasteiger charge is -2.23. The maximum absolute atomic E-state index is 12.6. The first-order chi connectivity index (χ1) is 16.1. The summed E-state index contributed by atoms with van der Waals surface area (Å²) in [4.78, 5) is 32.4. The minimum Gasteiger partial charge on any atom is -0.480 e. The number of aryl methyl sites for hydroxylation is 1. The van der Waals surface area contributed by atoms with Crippen molar-refractivity contribution in [1.82, 2.24) is 14.7 Å². The number of hydrogen-bond acceptors (Lipinski definition) is 6. The molecule has 0 aliphatic carbocycles. The lowest BCUT2D eigenvalue weighted by molar-refractivity contribution is -0.139. The van der Waals surface area contributed by atoms with Crippen LogP contribution in [0.25, 0.3) is 10.9 Å². The Kier molecular flexibility index (Phi) is 7.71. The number of fused-ring (bicyclic) bond motifs is 1. The second-order valence-corrected chi connectivity index (χ2v) is 9.57. The Morgan fingerprint density at radius 1 is 1.26 bits per heavy atom. The predicted octanol–water partition coefficient (Wildman–Crippen LogP) is 2.40. The van der Waals surface area contributed by atoms with E-state index in [2.05, 4.69) is 20.6 Å². The second kappa shape index (κ2) is 10.5. The molecule has 2 aromatic carbocycles. The van der Waals surface area contributed by atoms with Gasteiger partial charge in [-0.25, -0.2) is 13.4 Å². The molecular formula is C24H26N4O5S. The largest absolute Gasteiger partial charge is 0.480 e. The molecule has 0 amide bonds. The highest BCUT2D eigenvalue weighted by Gasteiger charge is 2.24. The van der Waals surface area contributed by atoms with Crippen molar-refractivity contribution in [3.8, 4) is 12.3 Å². The van der Waals surface area contributed by atoms with Crippen LogP contribution >= 0.6 is 0 Å². The number of anilines is 1. The molecule has 10 heteroatoms. The SMILES string of the molecule is C#CCN(Cc1ccc2nc(C)[nH]c(=O)c2c1)c1ccc(S(=O)(=O)N[C@@H](CCC)C(=O)O)cc1. The van der Waals surface area contributed by atoms with Crippen LogP contribution < -0.4 is 15.2 Å². The third-order valence-corrected chi connectivity index (χ3v) is 6.72. The number of benzene rings is 2. The van der Waals surface area contributed by atoms with Gasteiger partial charge in [-0.2, -0.15) is 4.72 Å². The molecule has 0 aliphatic rings. The summed E-state index contributed by atoms with van der Waals surface area (Å²) in [6.45, 7) is 4.13. The molecule has 0 saturated heterocycles. The highest BCUT2D eigenvalue weighted by atomic mass is 32.2. The predicted molar refractivity (Wildman–Crippen MR) is 130 cm³/mol. The van der Waals surface area contributed by atoms with E-state index in [1.807, 2.05) is 11.0 Å². The van der Waals surface area contributed by atoms with E-state index >= 15 is 0 Å². The molecule has 0 bridgehead atoms. The van der Waals surface area contributed by atoms with Crippen molar-refractivity contribution < 1.29 is 18.3 Å². The van der Waals surface area contributed by atoms with Crippen LogP contribution in [0, 0.1) is 19.3 Å². The number of carboxylic acids is 1. The zero-order valence-electron chi connectivity index (χ0n) is 18.9. The molecular weight excluding hydrogens is 456 g/mol. The summed E-state index contributed by atoms with van der Waals surface area (Å²) in [6, 6.07) is 10.2. The van der Waals surface area contributed by atoms with E-state index in [9.17, 15) is 23.1 Å². The minimum atomic E-state index is -4.01. The maximum atomic E-state index is 12.6. The number of rotatable bonds is 10. The van der Waals surface area contributed by atoms with Crippen molar-refractivity contribution in [2.75, 3.05) is 11.4 Å². The number of nitrogens with one attached hydrogen (secondary N) is 2. The standard InChI is InChI=1S/C24H26N4O5S/c1-4-6-22(24(30)31)27-34(32,33)19-10-8-18(9-11-19)28(13-5-2)15-17-7-12-21-20(14-17)23(29)26-16(3)25-21/h2,7-12,14,22,27H,4,6,13,15H2,1,3H3,(H,30,31)(H,25,26,29)/t22-/m0/s1. The fourth-order valence-corrected chi connectivity index (χ4v) is 4.81. The van der Waals surface area contributed by atoms with Crippen LogP contribution in [0.1, 0.15) is 31.2 Å². The van der Waals surface area contributed by atoms with Gasteiger partial charge in [0.25, 0.3) is 5.56 Å². The van der Waals surface area contributed by atoms with Gasteiger partial charge in [0.15, 0.2) is 0 Å². The van der Waals surface area contributed by atoms with Gasteiger partial charge in [-0.05, 0) is 55.3 Å². The van der Waals surface area contributed by atoms with Crippen molar-refractivity contribution in [2.45, 2.75) is 44.2 Å². The monoisotopic (exact) mass is 482 g/mol. The summed E-state index contributed by atoms with van der Waals surface area (Å²) in [5.41, 5.74) is 1.88. The van der Waals surface area contributed by atoms with Gasteiger partial charge in [-0.3, -0.25) is 9.59 Å². The summed E-state index contributed by atoms with van der Waals surface area (Å²) < 4.78 is 27.5. The fourth-order valence-electron chi connectivity index (χ4n) is 3.58. The first-order valence-electron chi connectivity index (χ1n) is 10.7. The number of carbonyl (C=O) groups is 1. The molecule has 0 unspecified atom stereocenters. The second-order valence-electron chi connectivity index (χ2n) is 7.86. The third-order valence-electron chi connectivity index (χ3n) is 5.23. The minimum absolute atomic E-state index is 0.0436. The number of nitrogens with zero attached hydrogens (tertiary/aromatic N) is 2. The number of terminal acetylenes is 1. The van der Waals surface area contributed by atoms with Crippen LogP contribution in [0.5, 0.6) is 0 Å². The Bertz CT molecular complexity index is 1390. The van der Waals surface area contributed by atoms with Crippen molar-refractivity contribution in [1.29, 1.82) is 0 Å². The lowest BCUT2D eigenvalue weighted by atomic mass is 10.1. The van der Waals surface area contributed by atoms with Gasteiger partial charge < -0.3 is 15.0 Å². The molecule has 1 heterocycles. The van der Waals surface area contributed by atoms with Crippen LogP contribution in [-0.4, -0.2) is 42.0 Å². The molecule has 3 aromatic rings. The van der Waals surface area contributed by atoms with Crippen molar-refractivity contribution in [3.05, 3.63) is 64.2 Å². The summed E-state index contributed by atoms with van der Waals surface area (Å²) in [5, 5.41) is 9.72. The molecule has 0 spiro atoms. The van der Waals surface area contributed by atoms with Gasteiger partial charge in [0.2, 0.25) is 10.0 Å². The molecule has 0 saturated carbocycles. The Morgan fingerprint density at radius 3 is 2.59 bits per heavy atom. The summed E-state index contributed by atoms with van der Waals surface area (Å²) >= 11 is 0.